The van der Waals surface area contributed by atoms with Crippen molar-refractivity contribution in [2.75, 3.05) is 5.43 Å². The van der Waals surface area contributed by atoms with Gasteiger partial charge < -0.3 is 5.43 Å². The molecule has 0 radical (unpaired) electrons. The molecule has 0 aliphatic carbocycles. The molecule has 82 valence electrons. The van der Waals surface area contributed by atoms with Crippen molar-refractivity contribution in [3.8, 4) is 0 Å². The first-order valence-corrected chi connectivity index (χ1v) is 5.18. The van der Waals surface area contributed by atoms with E-state index < -0.39 is 20.6 Å². The Morgan fingerprint density at radius 2 is 2.00 bits per heavy atom. The molecule has 0 aliphatic heterocycles. The van der Waals surface area contributed by atoms with Gasteiger partial charge in [0, 0.05) is 6.07 Å². The number of sulfonamides is 1. The van der Waals surface area contributed by atoms with Crippen LogP contribution in [0.25, 0.3) is 0 Å². The maximum absolute atomic E-state index is 10.9. The summed E-state index contributed by atoms with van der Waals surface area (Å²) in [5.74, 6) is 5.01. The Balaban J connectivity index is 3.42. The Bertz CT molecular complexity index is 498. The van der Waals surface area contributed by atoms with Gasteiger partial charge in [0.25, 0.3) is 5.69 Å². The average Bonchev–Trinajstić information content (AvgIpc) is 2.15. The van der Waals surface area contributed by atoms with Crippen molar-refractivity contribution in [2.45, 2.75) is 4.90 Å². The first kappa shape index (κ1) is 11.4. The number of nitrogens with one attached hydrogen (secondary N) is 1. The number of hydrogen-bond donors (Lipinski definition) is 3. The molecule has 0 aliphatic rings. The van der Waals surface area contributed by atoms with Gasteiger partial charge in [0.2, 0.25) is 10.0 Å². The third kappa shape index (κ3) is 2.40. The van der Waals surface area contributed by atoms with Gasteiger partial charge in [-0.15, -0.1) is 0 Å². The summed E-state index contributed by atoms with van der Waals surface area (Å²) in [4.78, 5) is 9.43. The van der Waals surface area contributed by atoms with Crippen molar-refractivity contribution in [1.29, 1.82) is 0 Å². The molecule has 1 aromatic rings. The summed E-state index contributed by atoms with van der Waals surface area (Å²) in [6.07, 6.45) is 0. The zero-order chi connectivity index (χ0) is 11.6. The van der Waals surface area contributed by atoms with Crippen molar-refractivity contribution in [1.82, 2.24) is 0 Å². The number of nitro benzene ring substituents is 1. The quantitative estimate of drug-likeness (QED) is 0.365. The van der Waals surface area contributed by atoms with E-state index in [1.165, 1.54) is 0 Å². The highest BCUT2D eigenvalue weighted by Gasteiger charge is 2.18. The topological polar surface area (TPSA) is 141 Å². The summed E-state index contributed by atoms with van der Waals surface area (Å²) in [6.45, 7) is 0. The fraction of sp³-hybridized carbons (Fsp3) is 0. The van der Waals surface area contributed by atoms with Crippen LogP contribution in [0, 0.1) is 10.1 Å². The van der Waals surface area contributed by atoms with Crippen molar-refractivity contribution in [3.05, 3.63) is 28.3 Å². The monoisotopic (exact) mass is 232 g/mol. The molecule has 0 saturated heterocycles. The number of nitro groups is 1. The van der Waals surface area contributed by atoms with Crippen molar-refractivity contribution >= 4 is 21.4 Å². The molecule has 0 spiro atoms. The van der Waals surface area contributed by atoms with E-state index in [1.807, 2.05) is 0 Å². The second kappa shape index (κ2) is 3.81. The predicted molar refractivity (Wildman–Crippen MR) is 52.3 cm³/mol. The number of nitrogen functional groups attached to an aromatic ring is 1. The Morgan fingerprint density at radius 3 is 2.40 bits per heavy atom. The molecular formula is C6H8N4O4S. The van der Waals surface area contributed by atoms with E-state index in [0.29, 0.717) is 0 Å². The number of hydrogen-bond acceptors (Lipinski definition) is 6. The first-order valence-electron chi connectivity index (χ1n) is 3.64. The fourth-order valence-corrected chi connectivity index (χ4v) is 1.50. The van der Waals surface area contributed by atoms with Crippen LogP contribution in [0.5, 0.6) is 0 Å². The van der Waals surface area contributed by atoms with E-state index in [0.717, 1.165) is 18.2 Å². The number of anilines is 1. The molecule has 0 heterocycles. The third-order valence-electron chi connectivity index (χ3n) is 1.65. The zero-order valence-electron chi connectivity index (χ0n) is 7.38. The van der Waals surface area contributed by atoms with E-state index in [-0.39, 0.29) is 10.6 Å². The molecule has 1 rings (SSSR count). The summed E-state index contributed by atoms with van der Waals surface area (Å²) < 4.78 is 21.8. The van der Waals surface area contributed by atoms with Crippen molar-refractivity contribution in [2.24, 2.45) is 11.0 Å². The van der Waals surface area contributed by atoms with E-state index in [9.17, 15) is 18.5 Å². The molecule has 0 unspecified atom stereocenters. The minimum atomic E-state index is -3.96. The van der Waals surface area contributed by atoms with E-state index in [4.69, 9.17) is 11.0 Å². The predicted octanol–water partition coefficient (Wildman–Crippen LogP) is -0.472. The van der Waals surface area contributed by atoms with Crippen LogP contribution in [-0.2, 0) is 10.0 Å². The average molecular weight is 232 g/mol. The SMILES string of the molecule is NNc1ccc(S(N)(=O)=O)cc1[N+](=O)[O-]. The van der Waals surface area contributed by atoms with Gasteiger partial charge in [-0.3, -0.25) is 16.0 Å². The lowest BCUT2D eigenvalue weighted by Crippen LogP contribution is -2.14. The standard InChI is InChI=1S/C6H8N4O4S/c7-9-5-2-1-4(15(8,13)14)3-6(5)10(11)12/h1-3,9H,7H2,(H2,8,13,14). The zero-order valence-corrected chi connectivity index (χ0v) is 8.19. The molecule has 5 N–H and O–H groups in total. The van der Waals surface area contributed by atoms with Gasteiger partial charge in [0.05, 0.1) is 9.82 Å². The molecule has 0 bridgehead atoms. The number of nitrogens with two attached hydrogens (primary N) is 2. The molecule has 1 aromatic carbocycles. The van der Waals surface area contributed by atoms with Crippen LogP contribution >= 0.6 is 0 Å². The van der Waals surface area contributed by atoms with Gasteiger partial charge >= 0.3 is 0 Å². The van der Waals surface area contributed by atoms with Gasteiger partial charge in [-0.05, 0) is 12.1 Å². The highest BCUT2D eigenvalue weighted by molar-refractivity contribution is 7.89. The number of hydrazine groups is 1. The number of nitrogens with zero attached hydrogens (tertiary/aromatic N) is 1. The molecule has 0 fully saturated rings. The van der Waals surface area contributed by atoms with Crippen molar-refractivity contribution in [3.63, 3.8) is 0 Å². The fourth-order valence-electron chi connectivity index (χ4n) is 0.962. The van der Waals surface area contributed by atoms with E-state index >= 15 is 0 Å². The molecule has 15 heavy (non-hydrogen) atoms. The summed E-state index contributed by atoms with van der Waals surface area (Å²) >= 11 is 0. The van der Waals surface area contributed by atoms with E-state index in [1.54, 1.807) is 0 Å². The third-order valence-corrected chi connectivity index (χ3v) is 2.56. The molecule has 0 aromatic heterocycles. The largest absolute Gasteiger partial charge is 0.318 e. The number of rotatable bonds is 3. The second-order valence-corrected chi connectivity index (χ2v) is 4.19. The second-order valence-electron chi connectivity index (χ2n) is 2.63. The van der Waals surface area contributed by atoms with E-state index in [2.05, 4.69) is 5.43 Å². The van der Waals surface area contributed by atoms with Gasteiger partial charge in [-0.2, -0.15) is 0 Å². The van der Waals surface area contributed by atoms with Crippen LogP contribution < -0.4 is 16.4 Å². The maximum atomic E-state index is 10.9. The minimum absolute atomic E-state index is 0.00685. The van der Waals surface area contributed by atoms with Crippen LogP contribution in [0.3, 0.4) is 0 Å². The summed E-state index contributed by atoms with van der Waals surface area (Å²) in [5.41, 5.74) is 1.63. The first-order chi connectivity index (χ1) is 6.86. The Hall–Kier alpha value is -1.71. The van der Waals surface area contributed by atoms with Gasteiger partial charge in [0.15, 0.2) is 0 Å². The van der Waals surface area contributed by atoms with Crippen LogP contribution in [0.1, 0.15) is 0 Å². The lowest BCUT2D eigenvalue weighted by atomic mass is 10.3. The lowest BCUT2D eigenvalue weighted by molar-refractivity contribution is -0.384. The van der Waals surface area contributed by atoms with Gasteiger partial charge in [0.1, 0.15) is 5.69 Å². The molecule has 0 atom stereocenters. The molecule has 8 nitrogen and oxygen atoms in total. The summed E-state index contributed by atoms with van der Waals surface area (Å²) in [7, 11) is -3.96. The molecule has 0 saturated carbocycles. The molecular weight excluding hydrogens is 224 g/mol. The van der Waals surface area contributed by atoms with Crippen LogP contribution in [0.15, 0.2) is 23.1 Å². The molecule has 9 heteroatoms. The Kier molecular flexibility index (Phi) is 2.88. The number of primary sulfonamides is 1. The van der Waals surface area contributed by atoms with Gasteiger partial charge in [-0.1, -0.05) is 0 Å². The Morgan fingerprint density at radius 1 is 1.40 bits per heavy atom. The van der Waals surface area contributed by atoms with Crippen LogP contribution in [0.4, 0.5) is 11.4 Å². The molecule has 0 amide bonds. The Labute approximate surface area is 85.0 Å². The summed E-state index contributed by atoms with van der Waals surface area (Å²) in [5, 5.41) is 15.3. The highest BCUT2D eigenvalue weighted by Crippen LogP contribution is 2.25. The minimum Gasteiger partial charge on any atom is -0.318 e. The highest BCUT2D eigenvalue weighted by atomic mass is 32.2. The summed E-state index contributed by atoms with van der Waals surface area (Å²) in [6, 6.07) is 3.12. The van der Waals surface area contributed by atoms with Crippen LogP contribution in [0.2, 0.25) is 0 Å². The maximum Gasteiger partial charge on any atom is 0.294 e. The normalized spacial score (nSPS) is 11.1. The smallest absolute Gasteiger partial charge is 0.294 e. The number of benzene rings is 1. The van der Waals surface area contributed by atoms with Crippen LogP contribution in [-0.4, -0.2) is 13.3 Å². The lowest BCUT2D eigenvalue weighted by Gasteiger charge is -2.03. The van der Waals surface area contributed by atoms with Crippen molar-refractivity contribution < 1.29 is 13.3 Å². The van der Waals surface area contributed by atoms with Gasteiger partial charge in [-0.25, -0.2) is 13.6 Å².